The maximum atomic E-state index is 13.3. The number of aryl methyl sites for hydroxylation is 1. The van der Waals surface area contributed by atoms with Gasteiger partial charge in [0.15, 0.2) is 5.82 Å². The number of carbonyl (C=O) groups excluding carboxylic acids is 2. The normalized spacial score (nSPS) is 17.1. The van der Waals surface area contributed by atoms with E-state index in [0.29, 0.717) is 11.4 Å². The Morgan fingerprint density at radius 2 is 1.94 bits per heavy atom. The number of amides is 2. The highest BCUT2D eigenvalue weighted by Gasteiger charge is 2.34. The van der Waals surface area contributed by atoms with E-state index in [1.165, 1.54) is 32.8 Å². The summed E-state index contributed by atoms with van der Waals surface area (Å²) in [6.45, 7) is 6.86. The van der Waals surface area contributed by atoms with Crippen molar-refractivity contribution in [2.75, 3.05) is 26.2 Å². The molecular weight excluding hydrogens is 481 g/mol. The van der Waals surface area contributed by atoms with Crippen molar-refractivity contribution in [3.05, 3.63) is 46.8 Å². The number of hydrogen-bond donors (Lipinski definition) is 1. The fraction of sp³-hybridized carbons (Fsp3) is 0.522. The molecule has 1 N–H and O–H groups in total. The van der Waals surface area contributed by atoms with Crippen LogP contribution in [0, 0.1) is 6.92 Å². The molecule has 1 saturated heterocycles. The molecule has 1 unspecified atom stereocenters. The van der Waals surface area contributed by atoms with Crippen molar-refractivity contribution in [1.29, 1.82) is 0 Å². The lowest BCUT2D eigenvalue weighted by Crippen LogP contribution is -2.58. The maximum Gasteiger partial charge on any atom is 0.416 e. The topological polar surface area (TPSA) is 114 Å². The molecule has 1 aromatic heterocycles. The first kappa shape index (κ1) is 27.1. The van der Waals surface area contributed by atoms with Crippen LogP contribution in [-0.4, -0.2) is 85.0 Å². The van der Waals surface area contributed by atoms with Crippen LogP contribution in [0.2, 0.25) is 0 Å². The summed E-state index contributed by atoms with van der Waals surface area (Å²) in [7, 11) is 0. The lowest BCUT2D eigenvalue weighted by molar-refractivity contribution is -0.137. The summed E-state index contributed by atoms with van der Waals surface area (Å²) in [4.78, 5) is 29.3. The van der Waals surface area contributed by atoms with Crippen molar-refractivity contribution in [2.45, 2.75) is 52.1 Å². The third kappa shape index (κ3) is 7.03. The summed E-state index contributed by atoms with van der Waals surface area (Å²) in [5.41, 5.74) is -0.892. The average molecular weight is 511 g/mol. The molecule has 2 aromatic rings. The zero-order valence-corrected chi connectivity index (χ0v) is 20.5. The SMILES string of the molecule is Cc1nnn(Cc2cc(C(F)(F)F)ccc2/C=C/C(=O)N2CCN(C(=O)OC(C)(C)C)CC2CO)n1. The smallest absolute Gasteiger partial charge is 0.416 e. The number of carbonyl (C=O) groups is 2. The summed E-state index contributed by atoms with van der Waals surface area (Å²) in [6.07, 6.45) is -2.43. The molecule has 0 bridgehead atoms. The number of aliphatic hydroxyl groups excluding tert-OH is 1. The molecule has 36 heavy (non-hydrogen) atoms. The van der Waals surface area contributed by atoms with Gasteiger partial charge in [-0.15, -0.1) is 10.2 Å². The van der Waals surface area contributed by atoms with Gasteiger partial charge in [-0.3, -0.25) is 4.79 Å². The molecule has 1 atom stereocenters. The quantitative estimate of drug-likeness (QED) is 0.615. The van der Waals surface area contributed by atoms with Gasteiger partial charge in [-0.05, 0) is 62.2 Å². The van der Waals surface area contributed by atoms with Gasteiger partial charge in [-0.1, -0.05) is 6.07 Å². The number of aromatic nitrogens is 4. The van der Waals surface area contributed by atoms with Crippen LogP contribution in [0.4, 0.5) is 18.0 Å². The second-order valence-electron chi connectivity index (χ2n) is 9.41. The van der Waals surface area contributed by atoms with Crippen molar-refractivity contribution in [3.8, 4) is 0 Å². The molecule has 1 aromatic carbocycles. The van der Waals surface area contributed by atoms with Crippen molar-refractivity contribution in [3.63, 3.8) is 0 Å². The highest BCUT2D eigenvalue weighted by atomic mass is 19.4. The second kappa shape index (κ2) is 10.6. The zero-order chi connectivity index (χ0) is 26.7. The van der Waals surface area contributed by atoms with E-state index < -0.39 is 35.4 Å². The Kier molecular flexibility index (Phi) is 8.02. The maximum absolute atomic E-state index is 13.3. The van der Waals surface area contributed by atoms with E-state index in [0.717, 1.165) is 12.1 Å². The van der Waals surface area contributed by atoms with Gasteiger partial charge in [0.25, 0.3) is 0 Å². The number of tetrazole rings is 1. The minimum absolute atomic E-state index is 0.0769. The molecule has 0 radical (unpaired) electrons. The molecule has 2 heterocycles. The second-order valence-corrected chi connectivity index (χ2v) is 9.41. The van der Waals surface area contributed by atoms with Gasteiger partial charge in [0, 0.05) is 25.7 Å². The summed E-state index contributed by atoms with van der Waals surface area (Å²) in [5.74, 6) is -0.0757. The molecule has 1 fully saturated rings. The summed E-state index contributed by atoms with van der Waals surface area (Å²) in [6, 6.07) is 2.54. The van der Waals surface area contributed by atoms with Crippen LogP contribution in [0.15, 0.2) is 24.3 Å². The molecule has 0 spiro atoms. The van der Waals surface area contributed by atoms with Crippen LogP contribution in [0.3, 0.4) is 0 Å². The Hall–Kier alpha value is -3.48. The minimum Gasteiger partial charge on any atom is -0.444 e. The van der Waals surface area contributed by atoms with Crippen molar-refractivity contribution >= 4 is 18.1 Å². The monoisotopic (exact) mass is 510 g/mol. The lowest BCUT2D eigenvalue weighted by Gasteiger charge is -2.40. The Balaban J connectivity index is 1.77. The molecule has 1 aliphatic heterocycles. The molecule has 0 aliphatic carbocycles. The first-order chi connectivity index (χ1) is 16.8. The molecule has 10 nitrogen and oxygen atoms in total. The summed E-state index contributed by atoms with van der Waals surface area (Å²) in [5, 5.41) is 21.4. The summed E-state index contributed by atoms with van der Waals surface area (Å²) < 4.78 is 45.2. The third-order valence-corrected chi connectivity index (χ3v) is 5.37. The van der Waals surface area contributed by atoms with Gasteiger partial charge in [0.2, 0.25) is 5.91 Å². The van der Waals surface area contributed by atoms with Crippen LogP contribution in [0.25, 0.3) is 6.08 Å². The predicted molar refractivity (Wildman–Crippen MR) is 123 cm³/mol. The fourth-order valence-corrected chi connectivity index (χ4v) is 3.68. The number of benzene rings is 1. The van der Waals surface area contributed by atoms with Gasteiger partial charge in [0.1, 0.15) is 5.60 Å². The van der Waals surface area contributed by atoms with E-state index in [1.54, 1.807) is 27.7 Å². The van der Waals surface area contributed by atoms with Crippen LogP contribution in [-0.2, 0) is 22.3 Å². The number of rotatable bonds is 5. The predicted octanol–water partition coefficient (Wildman–Crippen LogP) is 2.50. The van der Waals surface area contributed by atoms with E-state index in [-0.39, 0.29) is 38.3 Å². The van der Waals surface area contributed by atoms with Gasteiger partial charge in [0.05, 0.1) is 24.8 Å². The van der Waals surface area contributed by atoms with Gasteiger partial charge in [-0.25, -0.2) is 4.79 Å². The van der Waals surface area contributed by atoms with E-state index in [9.17, 15) is 27.9 Å². The molecular formula is C23H29F3N6O4. The molecule has 1 aliphatic rings. The van der Waals surface area contributed by atoms with E-state index >= 15 is 0 Å². The zero-order valence-electron chi connectivity index (χ0n) is 20.5. The van der Waals surface area contributed by atoms with Crippen molar-refractivity contribution < 1.29 is 32.6 Å². The number of nitrogens with zero attached hydrogens (tertiary/aromatic N) is 6. The largest absolute Gasteiger partial charge is 0.444 e. The summed E-state index contributed by atoms with van der Waals surface area (Å²) >= 11 is 0. The number of alkyl halides is 3. The van der Waals surface area contributed by atoms with E-state index in [1.807, 2.05) is 0 Å². The molecule has 13 heteroatoms. The number of hydrogen-bond acceptors (Lipinski definition) is 7. The number of piperazine rings is 1. The van der Waals surface area contributed by atoms with Crippen molar-refractivity contribution in [2.24, 2.45) is 0 Å². The molecule has 196 valence electrons. The molecule has 3 rings (SSSR count). The van der Waals surface area contributed by atoms with Crippen LogP contribution in [0.5, 0.6) is 0 Å². The minimum atomic E-state index is -4.54. The number of ether oxygens (including phenoxy) is 1. The van der Waals surface area contributed by atoms with Crippen LogP contribution < -0.4 is 0 Å². The first-order valence-electron chi connectivity index (χ1n) is 11.3. The van der Waals surface area contributed by atoms with Gasteiger partial charge < -0.3 is 19.6 Å². The fourth-order valence-electron chi connectivity index (χ4n) is 3.68. The Labute approximate surface area is 206 Å². The number of halogens is 3. The van der Waals surface area contributed by atoms with Gasteiger partial charge >= 0.3 is 12.3 Å². The Morgan fingerprint density at radius 3 is 2.53 bits per heavy atom. The average Bonchev–Trinajstić information content (AvgIpc) is 3.20. The highest BCUT2D eigenvalue weighted by Crippen LogP contribution is 2.31. The molecule has 0 saturated carbocycles. The molecule has 2 amide bonds. The first-order valence-corrected chi connectivity index (χ1v) is 11.3. The number of aliphatic hydroxyl groups is 1. The Morgan fingerprint density at radius 1 is 1.22 bits per heavy atom. The third-order valence-electron chi connectivity index (χ3n) is 5.37. The van der Waals surface area contributed by atoms with Gasteiger partial charge in [-0.2, -0.15) is 18.0 Å². The van der Waals surface area contributed by atoms with Crippen molar-refractivity contribution in [1.82, 2.24) is 30.0 Å². The van der Waals surface area contributed by atoms with Crippen LogP contribution in [0.1, 0.15) is 43.3 Å². The Bertz CT molecular complexity index is 1130. The van der Waals surface area contributed by atoms with Crippen LogP contribution >= 0.6 is 0 Å². The highest BCUT2D eigenvalue weighted by molar-refractivity contribution is 5.92. The lowest BCUT2D eigenvalue weighted by atomic mass is 10.0. The standard InChI is InChI=1S/C23H29F3N6O4/c1-15-27-29-32(28-15)12-17-11-18(23(24,25)26)7-5-16(17)6-8-20(34)31-10-9-30(13-19(31)14-33)21(35)36-22(2,3)4/h5-8,11,19,33H,9-10,12-14H2,1-4H3/b8-6+. The van der Waals surface area contributed by atoms with E-state index in [2.05, 4.69) is 15.4 Å². The van der Waals surface area contributed by atoms with E-state index in [4.69, 9.17) is 4.74 Å².